The minimum Gasteiger partial charge on any atom is -0.399 e. The first kappa shape index (κ1) is 19.0. The van der Waals surface area contributed by atoms with Crippen molar-refractivity contribution >= 4 is 11.6 Å². The molecule has 0 saturated carbocycles. The van der Waals surface area contributed by atoms with E-state index in [1.54, 1.807) is 24.3 Å². The van der Waals surface area contributed by atoms with E-state index < -0.39 is 0 Å². The summed E-state index contributed by atoms with van der Waals surface area (Å²) in [4.78, 5) is 12.4. The molecule has 0 aliphatic rings. The van der Waals surface area contributed by atoms with Crippen LogP contribution in [0, 0.1) is 0 Å². The number of benzene rings is 2. The SMILES string of the molecule is CCC(CC)(CNC(=O)c1cccc(N)c1)NC(C)c1ccccc1. The summed E-state index contributed by atoms with van der Waals surface area (Å²) in [5.41, 5.74) is 8.06. The predicted octanol–water partition coefficient (Wildman–Crippen LogP) is 3.91. The second-order valence-corrected chi connectivity index (χ2v) is 6.57. The van der Waals surface area contributed by atoms with Gasteiger partial charge in [-0.2, -0.15) is 0 Å². The molecule has 2 rings (SSSR count). The van der Waals surface area contributed by atoms with Crippen LogP contribution in [0.2, 0.25) is 0 Å². The van der Waals surface area contributed by atoms with E-state index in [0.717, 1.165) is 12.8 Å². The van der Waals surface area contributed by atoms with Gasteiger partial charge in [0.1, 0.15) is 0 Å². The summed E-state index contributed by atoms with van der Waals surface area (Å²) in [6.45, 7) is 7.04. The second-order valence-electron chi connectivity index (χ2n) is 6.57. The van der Waals surface area contributed by atoms with Crippen molar-refractivity contribution in [2.45, 2.75) is 45.2 Å². The van der Waals surface area contributed by atoms with Crippen molar-refractivity contribution in [2.24, 2.45) is 0 Å². The first-order valence-corrected chi connectivity index (χ1v) is 8.96. The summed E-state index contributed by atoms with van der Waals surface area (Å²) in [6, 6.07) is 17.6. The van der Waals surface area contributed by atoms with Gasteiger partial charge in [0.05, 0.1) is 0 Å². The lowest BCUT2D eigenvalue weighted by Gasteiger charge is -2.36. The molecule has 25 heavy (non-hydrogen) atoms. The maximum atomic E-state index is 12.4. The Bertz CT molecular complexity index is 681. The summed E-state index contributed by atoms with van der Waals surface area (Å²) >= 11 is 0. The maximum absolute atomic E-state index is 12.4. The van der Waals surface area contributed by atoms with Crippen LogP contribution in [0.15, 0.2) is 54.6 Å². The quantitative estimate of drug-likeness (QED) is 0.639. The molecule has 2 aromatic rings. The average molecular weight is 339 g/mol. The summed E-state index contributed by atoms with van der Waals surface area (Å²) in [5, 5.41) is 6.79. The molecule has 4 nitrogen and oxygen atoms in total. The number of hydrogen-bond donors (Lipinski definition) is 3. The lowest BCUT2D eigenvalue weighted by Crippen LogP contribution is -2.53. The van der Waals surface area contributed by atoms with Crippen LogP contribution < -0.4 is 16.4 Å². The highest BCUT2D eigenvalue weighted by molar-refractivity contribution is 5.95. The van der Waals surface area contributed by atoms with Crippen molar-refractivity contribution in [3.63, 3.8) is 0 Å². The molecular weight excluding hydrogens is 310 g/mol. The van der Waals surface area contributed by atoms with Crippen molar-refractivity contribution in [2.75, 3.05) is 12.3 Å². The minimum absolute atomic E-state index is 0.0901. The molecule has 0 heterocycles. The van der Waals surface area contributed by atoms with Crippen molar-refractivity contribution in [1.82, 2.24) is 10.6 Å². The number of hydrogen-bond acceptors (Lipinski definition) is 3. The number of carbonyl (C=O) groups excluding carboxylic acids is 1. The molecule has 0 spiro atoms. The maximum Gasteiger partial charge on any atom is 0.251 e. The van der Waals surface area contributed by atoms with Crippen LogP contribution in [-0.4, -0.2) is 18.0 Å². The van der Waals surface area contributed by atoms with Gasteiger partial charge in [0.2, 0.25) is 0 Å². The van der Waals surface area contributed by atoms with Crippen LogP contribution in [0.4, 0.5) is 5.69 Å². The number of nitrogens with one attached hydrogen (secondary N) is 2. The minimum atomic E-state index is -0.148. The van der Waals surface area contributed by atoms with E-state index in [1.165, 1.54) is 5.56 Å². The Kier molecular flexibility index (Phi) is 6.59. The van der Waals surface area contributed by atoms with Gasteiger partial charge in [-0.25, -0.2) is 0 Å². The van der Waals surface area contributed by atoms with Crippen LogP contribution >= 0.6 is 0 Å². The molecule has 4 N–H and O–H groups in total. The molecule has 4 heteroatoms. The molecule has 0 saturated heterocycles. The number of rotatable bonds is 8. The summed E-state index contributed by atoms with van der Waals surface area (Å²) in [5.74, 6) is -0.0901. The van der Waals surface area contributed by atoms with E-state index in [9.17, 15) is 4.79 Å². The standard InChI is InChI=1S/C21H29N3O/c1-4-21(5-2,24-16(3)17-10-7-6-8-11-17)15-23-20(25)18-12-9-13-19(22)14-18/h6-14,16,24H,4-5,15,22H2,1-3H3,(H,23,25). The molecular formula is C21H29N3O. The lowest BCUT2D eigenvalue weighted by molar-refractivity contribution is 0.0934. The molecule has 0 radical (unpaired) electrons. The molecule has 0 aliphatic heterocycles. The third-order valence-electron chi connectivity index (χ3n) is 4.91. The third-order valence-corrected chi connectivity index (χ3v) is 4.91. The van der Waals surface area contributed by atoms with Crippen molar-refractivity contribution in [3.05, 3.63) is 65.7 Å². The Morgan fingerprint density at radius 2 is 1.76 bits per heavy atom. The number of amides is 1. The van der Waals surface area contributed by atoms with Crippen LogP contribution in [-0.2, 0) is 0 Å². The zero-order chi connectivity index (χ0) is 18.3. The average Bonchev–Trinajstić information content (AvgIpc) is 2.65. The first-order chi connectivity index (χ1) is 12.0. The van der Waals surface area contributed by atoms with Crippen molar-refractivity contribution in [3.8, 4) is 0 Å². The van der Waals surface area contributed by atoms with Crippen LogP contribution in [0.3, 0.4) is 0 Å². The van der Waals surface area contributed by atoms with E-state index in [-0.39, 0.29) is 17.5 Å². The van der Waals surface area contributed by atoms with Crippen molar-refractivity contribution in [1.29, 1.82) is 0 Å². The van der Waals surface area contributed by atoms with Crippen LogP contribution in [0.25, 0.3) is 0 Å². The summed E-state index contributed by atoms with van der Waals surface area (Å²) in [7, 11) is 0. The summed E-state index contributed by atoms with van der Waals surface area (Å²) in [6.07, 6.45) is 1.86. The van der Waals surface area contributed by atoms with E-state index in [0.29, 0.717) is 17.8 Å². The lowest BCUT2D eigenvalue weighted by atomic mass is 9.90. The van der Waals surface area contributed by atoms with Crippen LogP contribution in [0.5, 0.6) is 0 Å². The Balaban J connectivity index is 2.05. The predicted molar refractivity (Wildman–Crippen MR) is 104 cm³/mol. The molecule has 2 aromatic carbocycles. The van der Waals surface area contributed by atoms with Gasteiger partial charge in [-0.1, -0.05) is 50.2 Å². The number of nitrogen functional groups attached to an aromatic ring is 1. The molecule has 1 unspecified atom stereocenters. The van der Waals surface area contributed by atoms with Gasteiger partial charge >= 0.3 is 0 Å². The fourth-order valence-corrected chi connectivity index (χ4v) is 3.07. The molecule has 0 bridgehead atoms. The van der Waals surface area contributed by atoms with Crippen molar-refractivity contribution < 1.29 is 4.79 Å². The van der Waals surface area contributed by atoms with E-state index in [4.69, 9.17) is 5.73 Å². The third kappa shape index (κ3) is 5.07. The highest BCUT2D eigenvalue weighted by Crippen LogP contribution is 2.21. The number of anilines is 1. The Hall–Kier alpha value is -2.33. The van der Waals surface area contributed by atoms with Gasteiger partial charge in [0.15, 0.2) is 0 Å². The first-order valence-electron chi connectivity index (χ1n) is 8.96. The van der Waals surface area contributed by atoms with E-state index in [2.05, 4.69) is 55.7 Å². The van der Waals surface area contributed by atoms with Gasteiger partial charge < -0.3 is 16.4 Å². The largest absolute Gasteiger partial charge is 0.399 e. The Morgan fingerprint density at radius 1 is 1.08 bits per heavy atom. The zero-order valence-electron chi connectivity index (χ0n) is 15.4. The molecule has 134 valence electrons. The van der Waals surface area contributed by atoms with Gasteiger partial charge in [-0.3, -0.25) is 4.79 Å². The highest BCUT2D eigenvalue weighted by Gasteiger charge is 2.28. The van der Waals surface area contributed by atoms with Gasteiger partial charge in [0.25, 0.3) is 5.91 Å². The molecule has 1 atom stereocenters. The molecule has 0 aromatic heterocycles. The monoisotopic (exact) mass is 339 g/mol. The van der Waals surface area contributed by atoms with Gasteiger partial charge in [-0.05, 0) is 43.5 Å². The summed E-state index contributed by atoms with van der Waals surface area (Å²) < 4.78 is 0. The van der Waals surface area contributed by atoms with Gasteiger partial charge in [0, 0.05) is 29.4 Å². The van der Waals surface area contributed by atoms with E-state index in [1.807, 2.05) is 6.07 Å². The van der Waals surface area contributed by atoms with E-state index >= 15 is 0 Å². The fourth-order valence-electron chi connectivity index (χ4n) is 3.07. The second kappa shape index (κ2) is 8.67. The van der Waals surface area contributed by atoms with Gasteiger partial charge in [-0.15, -0.1) is 0 Å². The number of nitrogens with two attached hydrogens (primary N) is 1. The molecule has 1 amide bonds. The fraction of sp³-hybridized carbons (Fsp3) is 0.381. The molecule has 0 fully saturated rings. The highest BCUT2D eigenvalue weighted by atomic mass is 16.1. The Labute approximate surface area is 150 Å². The smallest absolute Gasteiger partial charge is 0.251 e. The zero-order valence-corrected chi connectivity index (χ0v) is 15.4. The number of carbonyl (C=O) groups is 1. The Morgan fingerprint density at radius 3 is 2.36 bits per heavy atom. The molecule has 0 aliphatic carbocycles. The topological polar surface area (TPSA) is 67.2 Å². The normalized spacial score (nSPS) is 12.6. The van der Waals surface area contributed by atoms with Crippen LogP contribution in [0.1, 0.15) is 55.6 Å².